The van der Waals surface area contributed by atoms with E-state index in [0.29, 0.717) is 18.0 Å². The second kappa shape index (κ2) is 17.6. The van der Waals surface area contributed by atoms with Gasteiger partial charge in [-0.2, -0.15) is 0 Å². The van der Waals surface area contributed by atoms with Crippen LogP contribution in [0.15, 0.2) is 113 Å². The Morgan fingerprint density at radius 1 is 0.880 bits per heavy atom. The number of nitrogens with zero attached hydrogens (tertiary/aromatic N) is 2. The van der Waals surface area contributed by atoms with Crippen LogP contribution in [0.5, 0.6) is 5.75 Å². The van der Waals surface area contributed by atoms with Crippen molar-refractivity contribution in [2.75, 3.05) is 23.7 Å². The van der Waals surface area contributed by atoms with Gasteiger partial charge in [0.25, 0.3) is 10.0 Å². The molecule has 1 fully saturated rings. The summed E-state index contributed by atoms with van der Waals surface area (Å²) >= 11 is 1.51. The lowest BCUT2D eigenvalue weighted by atomic mass is 9.94. The molecule has 1 aliphatic rings. The average molecular weight is 714 g/mol. The summed E-state index contributed by atoms with van der Waals surface area (Å²) in [5, 5.41) is 3.26. The van der Waals surface area contributed by atoms with Crippen LogP contribution in [0.1, 0.15) is 55.7 Å². The third kappa shape index (κ3) is 9.48. The highest BCUT2D eigenvalue weighted by atomic mass is 32.2. The number of aryl methyl sites for hydroxylation is 1. The van der Waals surface area contributed by atoms with E-state index in [-0.39, 0.29) is 29.8 Å². The van der Waals surface area contributed by atoms with Crippen molar-refractivity contribution in [1.29, 1.82) is 0 Å². The predicted molar refractivity (Wildman–Crippen MR) is 201 cm³/mol. The third-order valence-corrected chi connectivity index (χ3v) is 11.7. The Bertz CT molecular complexity index is 1810. The number of carbonyl (C=O) groups excluding carboxylic acids is 2. The highest BCUT2D eigenvalue weighted by Crippen LogP contribution is 2.29. The molecule has 50 heavy (non-hydrogen) atoms. The van der Waals surface area contributed by atoms with Crippen LogP contribution in [-0.4, -0.2) is 56.6 Å². The molecule has 5 rings (SSSR count). The Labute approximate surface area is 301 Å². The van der Waals surface area contributed by atoms with Gasteiger partial charge in [-0.25, -0.2) is 8.42 Å². The fraction of sp³-hybridized carbons (Fsp3) is 0.350. The summed E-state index contributed by atoms with van der Waals surface area (Å²) in [4.78, 5) is 31.7. The van der Waals surface area contributed by atoms with Crippen LogP contribution in [0.3, 0.4) is 0 Å². The van der Waals surface area contributed by atoms with Crippen molar-refractivity contribution in [3.63, 3.8) is 0 Å². The first-order valence-corrected chi connectivity index (χ1v) is 19.9. The predicted octanol–water partition coefficient (Wildman–Crippen LogP) is 7.40. The molecule has 0 radical (unpaired) electrons. The molecule has 0 heterocycles. The zero-order valence-corrected chi connectivity index (χ0v) is 30.7. The SMILES string of the molecule is CCOc1ccc(N(CC(=O)N(Cc2ccccc2C)C(Cc2ccccc2)C(=O)NC2CCCCC2)S(=O)(=O)c2ccc(SC)cc2)cc1. The molecule has 4 aromatic carbocycles. The maximum absolute atomic E-state index is 14.8. The van der Waals surface area contributed by atoms with Crippen LogP contribution >= 0.6 is 11.8 Å². The number of amides is 2. The topological polar surface area (TPSA) is 96.0 Å². The van der Waals surface area contributed by atoms with Gasteiger partial charge in [0, 0.05) is 23.9 Å². The number of sulfonamides is 1. The molecule has 1 aliphatic carbocycles. The molecule has 0 aromatic heterocycles. The van der Waals surface area contributed by atoms with Crippen LogP contribution in [-0.2, 0) is 32.6 Å². The molecule has 1 unspecified atom stereocenters. The minimum absolute atomic E-state index is 0.0370. The number of nitrogens with one attached hydrogen (secondary N) is 1. The van der Waals surface area contributed by atoms with E-state index in [1.165, 1.54) is 11.8 Å². The van der Waals surface area contributed by atoms with Gasteiger partial charge in [-0.05, 0) is 98.2 Å². The normalized spacial score (nSPS) is 14.1. The summed E-state index contributed by atoms with van der Waals surface area (Å²) in [5.41, 5.74) is 3.08. The first kappa shape index (κ1) is 37.0. The van der Waals surface area contributed by atoms with E-state index in [2.05, 4.69) is 5.32 Å². The first-order valence-electron chi connectivity index (χ1n) is 17.3. The monoisotopic (exact) mass is 713 g/mol. The molecule has 4 aromatic rings. The van der Waals surface area contributed by atoms with Crippen molar-refractivity contribution in [2.45, 2.75) is 80.8 Å². The lowest BCUT2D eigenvalue weighted by Crippen LogP contribution is -2.55. The second-order valence-corrected chi connectivity index (χ2v) is 15.4. The third-order valence-electron chi connectivity index (χ3n) is 9.19. The van der Waals surface area contributed by atoms with E-state index >= 15 is 0 Å². The van der Waals surface area contributed by atoms with Gasteiger partial charge in [0.05, 0.1) is 17.2 Å². The van der Waals surface area contributed by atoms with Gasteiger partial charge in [-0.3, -0.25) is 13.9 Å². The second-order valence-electron chi connectivity index (χ2n) is 12.6. The molecule has 2 amide bonds. The van der Waals surface area contributed by atoms with Gasteiger partial charge < -0.3 is 15.0 Å². The van der Waals surface area contributed by atoms with Crippen LogP contribution in [0, 0.1) is 6.92 Å². The van der Waals surface area contributed by atoms with Gasteiger partial charge in [-0.15, -0.1) is 11.8 Å². The highest BCUT2D eigenvalue weighted by molar-refractivity contribution is 7.98. The van der Waals surface area contributed by atoms with Gasteiger partial charge in [0.2, 0.25) is 11.8 Å². The molecule has 10 heteroatoms. The van der Waals surface area contributed by atoms with Crippen molar-refractivity contribution in [3.05, 3.63) is 120 Å². The number of thioether (sulfide) groups is 1. The molecule has 8 nitrogen and oxygen atoms in total. The van der Waals surface area contributed by atoms with E-state index in [1.807, 2.05) is 74.7 Å². The molecular weight excluding hydrogens is 667 g/mol. The molecule has 0 saturated heterocycles. The summed E-state index contributed by atoms with van der Waals surface area (Å²) < 4.78 is 35.6. The smallest absolute Gasteiger partial charge is 0.264 e. The fourth-order valence-electron chi connectivity index (χ4n) is 6.35. The van der Waals surface area contributed by atoms with Crippen LogP contribution in [0.2, 0.25) is 0 Å². The van der Waals surface area contributed by atoms with Crippen LogP contribution in [0.4, 0.5) is 5.69 Å². The number of anilines is 1. The zero-order chi connectivity index (χ0) is 35.5. The van der Waals surface area contributed by atoms with E-state index in [1.54, 1.807) is 53.4 Å². The van der Waals surface area contributed by atoms with Gasteiger partial charge >= 0.3 is 0 Å². The quantitative estimate of drug-likeness (QED) is 0.129. The number of carbonyl (C=O) groups is 2. The minimum Gasteiger partial charge on any atom is -0.494 e. The molecular formula is C40H47N3O5S2. The number of ether oxygens (including phenoxy) is 1. The summed E-state index contributed by atoms with van der Waals surface area (Å²) in [7, 11) is -4.21. The minimum atomic E-state index is -4.21. The maximum atomic E-state index is 14.8. The van der Waals surface area contributed by atoms with Crippen molar-refractivity contribution >= 4 is 39.3 Å². The molecule has 1 N–H and O–H groups in total. The van der Waals surface area contributed by atoms with Crippen molar-refractivity contribution < 1.29 is 22.7 Å². The van der Waals surface area contributed by atoms with E-state index < -0.39 is 28.5 Å². The van der Waals surface area contributed by atoms with Gasteiger partial charge in [0.15, 0.2) is 0 Å². The van der Waals surface area contributed by atoms with Crippen molar-refractivity contribution in [1.82, 2.24) is 10.2 Å². The Morgan fingerprint density at radius 2 is 1.54 bits per heavy atom. The molecule has 264 valence electrons. The lowest BCUT2D eigenvalue weighted by molar-refractivity contribution is -0.140. The van der Waals surface area contributed by atoms with E-state index in [0.717, 1.165) is 58.0 Å². The number of benzene rings is 4. The zero-order valence-electron chi connectivity index (χ0n) is 29.1. The molecule has 1 saturated carbocycles. The first-order chi connectivity index (χ1) is 24.2. The summed E-state index contributed by atoms with van der Waals surface area (Å²) in [5.74, 6) is -0.121. The van der Waals surface area contributed by atoms with Crippen molar-refractivity contribution in [3.8, 4) is 5.75 Å². The number of hydrogen-bond acceptors (Lipinski definition) is 6. The fourth-order valence-corrected chi connectivity index (χ4v) is 8.17. The summed E-state index contributed by atoms with van der Waals surface area (Å²) in [6.45, 7) is 3.94. The Kier molecular flexibility index (Phi) is 13.0. The molecule has 1 atom stereocenters. The number of rotatable bonds is 15. The standard InChI is InChI=1S/C40H47N3O5S2/c1-4-48-35-21-19-34(20-22-35)43(50(46,47)37-25-23-36(49-3)24-26-37)29-39(44)42(28-32-16-12-11-13-30(32)2)38(27-31-14-7-5-8-15-31)40(45)41-33-17-9-6-10-18-33/h5,7-8,11-16,19-26,33,38H,4,6,9-10,17-18,27-29H2,1-3H3,(H,41,45). The lowest BCUT2D eigenvalue weighted by Gasteiger charge is -2.35. The molecule has 0 aliphatic heterocycles. The van der Waals surface area contributed by atoms with Gasteiger partial charge in [-0.1, -0.05) is 73.9 Å². The Morgan fingerprint density at radius 3 is 2.18 bits per heavy atom. The average Bonchev–Trinajstić information content (AvgIpc) is 3.14. The summed E-state index contributed by atoms with van der Waals surface area (Å²) in [6, 6.07) is 29.9. The highest BCUT2D eigenvalue weighted by Gasteiger charge is 2.35. The Hall–Kier alpha value is -4.28. The van der Waals surface area contributed by atoms with Crippen molar-refractivity contribution in [2.24, 2.45) is 0 Å². The van der Waals surface area contributed by atoms with Crippen LogP contribution < -0.4 is 14.4 Å². The van der Waals surface area contributed by atoms with E-state index in [9.17, 15) is 18.0 Å². The maximum Gasteiger partial charge on any atom is 0.264 e. The molecule has 0 bridgehead atoms. The van der Waals surface area contributed by atoms with Crippen LogP contribution in [0.25, 0.3) is 0 Å². The summed E-state index contributed by atoms with van der Waals surface area (Å²) in [6.07, 6.45) is 7.24. The molecule has 0 spiro atoms. The number of hydrogen-bond donors (Lipinski definition) is 1. The Balaban J connectivity index is 1.57. The van der Waals surface area contributed by atoms with E-state index in [4.69, 9.17) is 4.74 Å². The largest absolute Gasteiger partial charge is 0.494 e. The van der Waals surface area contributed by atoms with Gasteiger partial charge in [0.1, 0.15) is 18.3 Å².